The Morgan fingerprint density at radius 2 is 1.94 bits per heavy atom. The Bertz CT molecular complexity index is 895. The fourth-order valence-corrected chi connectivity index (χ4v) is 4.87. The highest BCUT2D eigenvalue weighted by atomic mass is 16.6. The van der Waals surface area contributed by atoms with Crippen LogP contribution in [0.3, 0.4) is 0 Å². The lowest BCUT2D eigenvalue weighted by atomic mass is 9.79. The van der Waals surface area contributed by atoms with Crippen LogP contribution in [-0.2, 0) is 38.3 Å². The number of hydrogen-bond donors (Lipinski definition) is 2. The van der Waals surface area contributed by atoms with Gasteiger partial charge in [-0.2, -0.15) is 0 Å². The van der Waals surface area contributed by atoms with Crippen molar-refractivity contribution in [3.8, 4) is 0 Å². The van der Waals surface area contributed by atoms with Gasteiger partial charge in [-0.3, -0.25) is 9.78 Å². The molecule has 9 nitrogen and oxygen atoms in total. The van der Waals surface area contributed by atoms with Gasteiger partial charge in [0.05, 0.1) is 19.2 Å². The summed E-state index contributed by atoms with van der Waals surface area (Å²) in [6, 6.07) is 3.35. The molecule has 186 valence electrons. The fourth-order valence-electron chi connectivity index (χ4n) is 4.87. The summed E-state index contributed by atoms with van der Waals surface area (Å²) in [5, 5.41) is 11.8. The van der Waals surface area contributed by atoms with Crippen LogP contribution in [0.25, 0.3) is 0 Å². The SMILES string of the molecule is CC(=O)N1CC(OC(=O)NC(CCOC2CC(CCc3ccc4c(n3)CCCC4)C2)C(=O)O)C1. The Kier molecular flexibility index (Phi) is 8.03. The first-order valence-electron chi connectivity index (χ1n) is 12.4. The van der Waals surface area contributed by atoms with Gasteiger partial charge in [0.1, 0.15) is 12.1 Å². The molecule has 3 aliphatic rings. The van der Waals surface area contributed by atoms with Crippen molar-refractivity contribution in [1.82, 2.24) is 15.2 Å². The van der Waals surface area contributed by atoms with Crippen LogP contribution in [0, 0.1) is 5.92 Å². The van der Waals surface area contributed by atoms with Gasteiger partial charge in [0.25, 0.3) is 0 Å². The summed E-state index contributed by atoms with van der Waals surface area (Å²) in [6.45, 7) is 2.40. The fraction of sp³-hybridized carbons (Fsp3) is 0.680. The molecular weight excluding hydrogens is 438 g/mol. The second-order valence-corrected chi connectivity index (χ2v) is 9.76. The molecular formula is C25H35N3O6. The molecule has 0 spiro atoms. The van der Waals surface area contributed by atoms with E-state index < -0.39 is 24.2 Å². The third-order valence-electron chi connectivity index (χ3n) is 7.15. The van der Waals surface area contributed by atoms with Crippen molar-refractivity contribution in [2.24, 2.45) is 5.92 Å². The van der Waals surface area contributed by atoms with E-state index in [0.29, 0.717) is 19.0 Å². The molecule has 1 aromatic rings. The number of likely N-dealkylation sites (tertiary alicyclic amines) is 1. The molecule has 2 N–H and O–H groups in total. The van der Waals surface area contributed by atoms with E-state index in [0.717, 1.165) is 38.5 Å². The minimum atomic E-state index is -1.12. The van der Waals surface area contributed by atoms with Gasteiger partial charge in [-0.25, -0.2) is 9.59 Å². The van der Waals surface area contributed by atoms with Gasteiger partial charge in [0, 0.05) is 31.3 Å². The number of aliphatic carboxylic acids is 1. The molecule has 0 aromatic carbocycles. The number of rotatable bonds is 10. The van der Waals surface area contributed by atoms with E-state index in [9.17, 15) is 19.5 Å². The number of aromatic nitrogens is 1. The molecule has 1 aromatic heterocycles. The Morgan fingerprint density at radius 3 is 2.68 bits per heavy atom. The molecule has 1 saturated carbocycles. The molecule has 0 bridgehead atoms. The number of pyridine rings is 1. The number of hydrogen-bond acceptors (Lipinski definition) is 6. The minimum absolute atomic E-state index is 0.0747. The van der Waals surface area contributed by atoms with Gasteiger partial charge in [0.2, 0.25) is 5.91 Å². The number of ether oxygens (including phenoxy) is 2. The van der Waals surface area contributed by atoms with E-state index in [1.165, 1.54) is 36.7 Å². The number of carboxylic acids is 1. The smallest absolute Gasteiger partial charge is 0.408 e. The Labute approximate surface area is 200 Å². The van der Waals surface area contributed by atoms with Crippen molar-refractivity contribution in [3.05, 3.63) is 29.1 Å². The molecule has 1 atom stereocenters. The second-order valence-electron chi connectivity index (χ2n) is 9.76. The van der Waals surface area contributed by atoms with Crippen LogP contribution < -0.4 is 5.32 Å². The van der Waals surface area contributed by atoms with Crippen molar-refractivity contribution in [1.29, 1.82) is 0 Å². The maximum absolute atomic E-state index is 12.0. The molecule has 2 aliphatic carbocycles. The lowest BCUT2D eigenvalue weighted by Crippen LogP contribution is -2.56. The van der Waals surface area contributed by atoms with Crippen LogP contribution in [0.5, 0.6) is 0 Å². The van der Waals surface area contributed by atoms with E-state index in [1.54, 1.807) is 4.90 Å². The van der Waals surface area contributed by atoms with Crippen molar-refractivity contribution < 1.29 is 29.0 Å². The molecule has 1 aliphatic heterocycles. The van der Waals surface area contributed by atoms with Crippen LogP contribution in [0.2, 0.25) is 0 Å². The highest BCUT2D eigenvalue weighted by Gasteiger charge is 2.33. The van der Waals surface area contributed by atoms with E-state index in [-0.39, 0.29) is 25.0 Å². The zero-order valence-electron chi connectivity index (χ0n) is 19.8. The summed E-state index contributed by atoms with van der Waals surface area (Å²) in [5.41, 5.74) is 3.88. The van der Waals surface area contributed by atoms with Crippen LogP contribution in [-0.4, -0.2) is 70.9 Å². The van der Waals surface area contributed by atoms with Gasteiger partial charge < -0.3 is 24.8 Å². The number of carbonyl (C=O) groups excluding carboxylic acids is 2. The van der Waals surface area contributed by atoms with Crippen LogP contribution in [0.15, 0.2) is 12.1 Å². The Balaban J connectivity index is 1.09. The third-order valence-corrected chi connectivity index (χ3v) is 7.15. The summed E-state index contributed by atoms with van der Waals surface area (Å²) in [7, 11) is 0. The summed E-state index contributed by atoms with van der Waals surface area (Å²) < 4.78 is 11.0. The number of carboxylic acid groups (broad SMARTS) is 1. The second kappa shape index (κ2) is 11.2. The monoisotopic (exact) mass is 473 g/mol. The summed E-state index contributed by atoms with van der Waals surface area (Å²) in [6.07, 6.45) is 7.97. The molecule has 2 fully saturated rings. The maximum Gasteiger partial charge on any atom is 0.408 e. The molecule has 2 amide bonds. The summed E-state index contributed by atoms with van der Waals surface area (Å²) >= 11 is 0. The number of nitrogens with zero attached hydrogens (tertiary/aromatic N) is 2. The first-order valence-corrected chi connectivity index (χ1v) is 12.4. The molecule has 34 heavy (non-hydrogen) atoms. The molecule has 2 heterocycles. The molecule has 9 heteroatoms. The number of amides is 2. The Morgan fingerprint density at radius 1 is 1.18 bits per heavy atom. The van der Waals surface area contributed by atoms with Gasteiger partial charge in [0.15, 0.2) is 0 Å². The normalized spacial score (nSPS) is 22.7. The quantitative estimate of drug-likeness (QED) is 0.536. The average molecular weight is 474 g/mol. The molecule has 1 unspecified atom stereocenters. The number of alkyl carbamates (subject to hydrolysis) is 1. The maximum atomic E-state index is 12.0. The Hall–Kier alpha value is -2.68. The van der Waals surface area contributed by atoms with Crippen molar-refractivity contribution in [2.45, 2.75) is 83.0 Å². The first kappa shape index (κ1) is 24.4. The van der Waals surface area contributed by atoms with E-state index in [4.69, 9.17) is 14.5 Å². The third kappa shape index (κ3) is 6.46. The number of carbonyl (C=O) groups is 3. The van der Waals surface area contributed by atoms with Crippen molar-refractivity contribution in [3.63, 3.8) is 0 Å². The average Bonchev–Trinajstić information content (AvgIpc) is 2.75. The zero-order chi connectivity index (χ0) is 24.1. The predicted octanol–water partition coefficient (Wildman–Crippen LogP) is 2.49. The lowest BCUT2D eigenvalue weighted by molar-refractivity contribution is -0.140. The first-order chi connectivity index (χ1) is 16.4. The number of nitrogens with one attached hydrogen (secondary N) is 1. The molecule has 4 rings (SSSR count). The van der Waals surface area contributed by atoms with Crippen LogP contribution >= 0.6 is 0 Å². The predicted molar refractivity (Wildman–Crippen MR) is 123 cm³/mol. The van der Waals surface area contributed by atoms with Gasteiger partial charge in [-0.15, -0.1) is 0 Å². The molecule has 0 radical (unpaired) electrons. The van der Waals surface area contributed by atoms with E-state index in [2.05, 4.69) is 17.4 Å². The topological polar surface area (TPSA) is 118 Å². The van der Waals surface area contributed by atoms with Gasteiger partial charge in [-0.05, 0) is 68.9 Å². The van der Waals surface area contributed by atoms with E-state index >= 15 is 0 Å². The standard InChI is InChI=1S/C25H35N3O6/c1-16(29)28-14-21(15-28)34-25(32)27-23(24(30)31)10-11-33-20-12-17(13-20)6-8-19-9-7-18-4-2-3-5-22(18)26-19/h7,9,17,20-21,23H,2-6,8,10-15H2,1H3,(H,27,32)(H,30,31). The highest BCUT2D eigenvalue weighted by Crippen LogP contribution is 2.34. The van der Waals surface area contributed by atoms with Crippen molar-refractivity contribution >= 4 is 18.0 Å². The van der Waals surface area contributed by atoms with Gasteiger partial charge >= 0.3 is 12.1 Å². The van der Waals surface area contributed by atoms with Crippen molar-refractivity contribution in [2.75, 3.05) is 19.7 Å². The number of fused-ring (bicyclic) bond motifs is 1. The van der Waals surface area contributed by atoms with E-state index in [1.807, 2.05) is 0 Å². The van der Waals surface area contributed by atoms with Gasteiger partial charge in [-0.1, -0.05) is 6.07 Å². The zero-order valence-corrected chi connectivity index (χ0v) is 19.8. The van der Waals surface area contributed by atoms with Crippen LogP contribution in [0.1, 0.15) is 62.4 Å². The number of aryl methyl sites for hydroxylation is 3. The molecule has 1 saturated heterocycles. The summed E-state index contributed by atoms with van der Waals surface area (Å²) in [5.74, 6) is -0.582. The minimum Gasteiger partial charge on any atom is -0.480 e. The van der Waals surface area contributed by atoms with Crippen LogP contribution in [0.4, 0.5) is 4.79 Å². The lowest BCUT2D eigenvalue weighted by Gasteiger charge is -2.37. The largest absolute Gasteiger partial charge is 0.480 e. The summed E-state index contributed by atoms with van der Waals surface area (Å²) in [4.78, 5) is 41.0. The highest BCUT2D eigenvalue weighted by molar-refractivity contribution is 5.80.